The number of aliphatic carboxylic acids is 2. The Kier molecular flexibility index (Phi) is 10.3. The van der Waals surface area contributed by atoms with Gasteiger partial charge in [-0.2, -0.15) is 0 Å². The van der Waals surface area contributed by atoms with Crippen LogP contribution in [-0.4, -0.2) is 84.4 Å². The Morgan fingerprint density at radius 3 is 2.26 bits per heavy atom. The normalized spacial score (nSPS) is 13.2. The van der Waals surface area contributed by atoms with Gasteiger partial charge in [0.05, 0.1) is 6.54 Å². The summed E-state index contributed by atoms with van der Waals surface area (Å²) < 4.78 is 5.58. The van der Waals surface area contributed by atoms with Gasteiger partial charge >= 0.3 is 18.0 Å². The average molecular weight is 381 g/mol. The number of carboxylic acids is 2. The molecule has 0 unspecified atom stereocenters. The van der Waals surface area contributed by atoms with Crippen LogP contribution in [-0.2, 0) is 9.59 Å². The molecule has 1 heterocycles. The van der Waals surface area contributed by atoms with Crippen molar-refractivity contribution in [2.45, 2.75) is 12.8 Å². The molecule has 0 saturated carbocycles. The van der Waals surface area contributed by atoms with Crippen molar-refractivity contribution in [3.8, 4) is 5.75 Å². The second-order valence-electron chi connectivity index (χ2n) is 5.97. The lowest BCUT2D eigenvalue weighted by Crippen LogP contribution is -2.42. The molecule has 1 aromatic carbocycles. The van der Waals surface area contributed by atoms with Crippen LogP contribution in [0, 0.1) is 0 Å². The maximum absolute atomic E-state index is 11.9. The molecule has 150 valence electrons. The molecule has 9 nitrogen and oxygen atoms in total. The first-order chi connectivity index (χ1) is 12.9. The zero-order chi connectivity index (χ0) is 20.1. The van der Waals surface area contributed by atoms with Crippen molar-refractivity contribution in [3.05, 3.63) is 30.3 Å². The van der Waals surface area contributed by atoms with Gasteiger partial charge in [-0.1, -0.05) is 18.2 Å². The van der Waals surface area contributed by atoms with Crippen LogP contribution in [0.25, 0.3) is 0 Å². The first-order valence-corrected chi connectivity index (χ1v) is 8.75. The molecule has 0 atom stereocenters. The van der Waals surface area contributed by atoms with Gasteiger partial charge in [-0.25, -0.2) is 14.4 Å². The van der Waals surface area contributed by atoms with Crippen molar-refractivity contribution in [1.82, 2.24) is 15.1 Å². The number of benzene rings is 1. The highest BCUT2D eigenvalue weighted by molar-refractivity contribution is 6.27. The van der Waals surface area contributed by atoms with Gasteiger partial charge in [0.1, 0.15) is 12.4 Å². The number of hydrogen-bond acceptors (Lipinski definition) is 5. The molecule has 1 aliphatic heterocycles. The molecule has 0 aromatic heterocycles. The van der Waals surface area contributed by atoms with Gasteiger partial charge in [-0.05, 0) is 38.1 Å². The molecule has 0 radical (unpaired) electrons. The van der Waals surface area contributed by atoms with E-state index in [-0.39, 0.29) is 6.03 Å². The number of rotatable bonds is 7. The van der Waals surface area contributed by atoms with Gasteiger partial charge in [0.2, 0.25) is 0 Å². The summed E-state index contributed by atoms with van der Waals surface area (Å²) in [5.41, 5.74) is 0. The van der Waals surface area contributed by atoms with Crippen molar-refractivity contribution in [3.63, 3.8) is 0 Å². The molecule has 3 N–H and O–H groups in total. The highest BCUT2D eigenvalue weighted by atomic mass is 16.5. The Labute approximate surface area is 158 Å². The molecule has 0 spiro atoms. The van der Waals surface area contributed by atoms with E-state index in [1.165, 1.54) is 12.8 Å². The maximum Gasteiger partial charge on any atom is 0.414 e. The van der Waals surface area contributed by atoms with Crippen LogP contribution in [0.15, 0.2) is 30.3 Å². The minimum atomic E-state index is -1.82. The zero-order valence-electron chi connectivity index (χ0n) is 15.5. The summed E-state index contributed by atoms with van der Waals surface area (Å²) in [4.78, 5) is 34.1. The number of hydrogen-bond donors (Lipinski definition) is 3. The van der Waals surface area contributed by atoms with Crippen LogP contribution in [0.3, 0.4) is 0 Å². The topological polar surface area (TPSA) is 119 Å². The van der Waals surface area contributed by atoms with E-state index in [2.05, 4.69) is 10.2 Å². The van der Waals surface area contributed by atoms with Gasteiger partial charge in [0.15, 0.2) is 0 Å². The summed E-state index contributed by atoms with van der Waals surface area (Å²) in [6.07, 6.45) is 2.56. The monoisotopic (exact) mass is 381 g/mol. The summed E-state index contributed by atoms with van der Waals surface area (Å²) >= 11 is 0. The standard InChI is InChI=1S/C16H25N3O2.C2H2O4/c1-18(13-14-21-15-7-3-2-4-8-15)16(20)17-9-12-19-10-5-6-11-19;3-1(4)2(5)6/h2-4,7-8H,5-6,9-14H2,1H3,(H,17,20);(H,3,4)(H,5,6). The van der Waals surface area contributed by atoms with E-state index in [0.29, 0.717) is 19.7 Å². The molecule has 27 heavy (non-hydrogen) atoms. The Hall–Kier alpha value is -2.81. The second kappa shape index (κ2) is 12.5. The average Bonchev–Trinajstić information content (AvgIpc) is 3.16. The summed E-state index contributed by atoms with van der Waals surface area (Å²) in [7, 11) is 1.79. The number of ether oxygens (including phenoxy) is 1. The Morgan fingerprint density at radius 1 is 1.11 bits per heavy atom. The fourth-order valence-corrected chi connectivity index (χ4v) is 2.38. The quantitative estimate of drug-likeness (QED) is 0.602. The minimum absolute atomic E-state index is 0.0362. The fourth-order valence-electron chi connectivity index (χ4n) is 2.38. The van der Waals surface area contributed by atoms with Crippen molar-refractivity contribution < 1.29 is 29.3 Å². The first-order valence-electron chi connectivity index (χ1n) is 8.75. The Balaban J connectivity index is 0.000000527. The predicted octanol–water partition coefficient (Wildman–Crippen LogP) is 0.958. The summed E-state index contributed by atoms with van der Waals surface area (Å²) in [6, 6.07) is 9.61. The highest BCUT2D eigenvalue weighted by Crippen LogP contribution is 2.08. The molecule has 2 rings (SSSR count). The number of likely N-dealkylation sites (tertiary alicyclic amines) is 1. The van der Waals surface area contributed by atoms with Crippen LogP contribution in [0.2, 0.25) is 0 Å². The lowest BCUT2D eigenvalue weighted by Gasteiger charge is -2.20. The molecule has 0 aliphatic carbocycles. The van der Waals surface area contributed by atoms with E-state index < -0.39 is 11.9 Å². The van der Waals surface area contributed by atoms with Gasteiger partial charge in [-0.3, -0.25) is 0 Å². The minimum Gasteiger partial charge on any atom is -0.492 e. The van der Waals surface area contributed by atoms with Gasteiger partial charge in [0, 0.05) is 20.1 Å². The van der Waals surface area contributed by atoms with Crippen molar-refractivity contribution in [2.24, 2.45) is 0 Å². The van der Waals surface area contributed by atoms with Crippen molar-refractivity contribution in [1.29, 1.82) is 0 Å². The van der Waals surface area contributed by atoms with E-state index in [1.54, 1.807) is 11.9 Å². The van der Waals surface area contributed by atoms with Crippen LogP contribution < -0.4 is 10.1 Å². The number of amides is 2. The van der Waals surface area contributed by atoms with E-state index in [1.807, 2.05) is 30.3 Å². The fraction of sp³-hybridized carbons (Fsp3) is 0.500. The van der Waals surface area contributed by atoms with Crippen molar-refractivity contribution in [2.75, 3.05) is 46.4 Å². The number of carboxylic acid groups (broad SMARTS) is 2. The van der Waals surface area contributed by atoms with Crippen LogP contribution >= 0.6 is 0 Å². The number of nitrogens with zero attached hydrogens (tertiary/aromatic N) is 2. The number of carbonyl (C=O) groups excluding carboxylic acids is 1. The molecule has 2 amide bonds. The SMILES string of the molecule is CN(CCOc1ccccc1)C(=O)NCCN1CCCC1.O=C(O)C(=O)O. The van der Waals surface area contributed by atoms with E-state index in [4.69, 9.17) is 24.5 Å². The van der Waals surface area contributed by atoms with Gasteiger partial charge in [0.25, 0.3) is 0 Å². The van der Waals surface area contributed by atoms with Crippen LogP contribution in [0.1, 0.15) is 12.8 Å². The third-order valence-corrected chi connectivity index (χ3v) is 3.87. The first kappa shape index (κ1) is 22.2. The number of urea groups is 1. The lowest BCUT2D eigenvalue weighted by atomic mass is 10.3. The van der Waals surface area contributed by atoms with E-state index >= 15 is 0 Å². The Morgan fingerprint density at radius 2 is 1.70 bits per heavy atom. The summed E-state index contributed by atoms with van der Waals surface area (Å²) in [5.74, 6) is -2.81. The molecule has 1 aliphatic rings. The highest BCUT2D eigenvalue weighted by Gasteiger charge is 2.12. The molecular formula is C18H27N3O6. The van der Waals surface area contributed by atoms with Gasteiger partial charge < -0.3 is 30.1 Å². The summed E-state index contributed by atoms with van der Waals surface area (Å²) in [6.45, 7) is 5.06. The van der Waals surface area contributed by atoms with Crippen LogP contribution in [0.4, 0.5) is 4.79 Å². The third-order valence-electron chi connectivity index (χ3n) is 3.87. The molecule has 0 bridgehead atoms. The Bertz CT molecular complexity index is 578. The number of carbonyl (C=O) groups is 3. The largest absolute Gasteiger partial charge is 0.492 e. The molecule has 1 saturated heterocycles. The molecule has 1 aromatic rings. The smallest absolute Gasteiger partial charge is 0.414 e. The van der Waals surface area contributed by atoms with E-state index in [0.717, 1.165) is 25.4 Å². The van der Waals surface area contributed by atoms with Gasteiger partial charge in [-0.15, -0.1) is 0 Å². The molecule has 9 heteroatoms. The molecular weight excluding hydrogens is 354 g/mol. The summed E-state index contributed by atoms with van der Waals surface area (Å²) in [5, 5.41) is 17.7. The third kappa shape index (κ3) is 10.0. The van der Waals surface area contributed by atoms with E-state index in [9.17, 15) is 4.79 Å². The van der Waals surface area contributed by atoms with Crippen LogP contribution in [0.5, 0.6) is 5.75 Å². The maximum atomic E-state index is 11.9. The number of likely N-dealkylation sites (N-methyl/N-ethyl adjacent to an activating group) is 1. The number of nitrogens with one attached hydrogen (secondary N) is 1. The number of para-hydroxylation sites is 1. The predicted molar refractivity (Wildman–Crippen MR) is 98.9 cm³/mol. The second-order valence-corrected chi connectivity index (χ2v) is 5.97. The van der Waals surface area contributed by atoms with Crippen molar-refractivity contribution >= 4 is 18.0 Å². The lowest BCUT2D eigenvalue weighted by molar-refractivity contribution is -0.159. The molecule has 1 fully saturated rings. The zero-order valence-corrected chi connectivity index (χ0v) is 15.5.